The Labute approximate surface area is 159 Å². The predicted octanol–water partition coefficient (Wildman–Crippen LogP) is 3.04. The van der Waals surface area contributed by atoms with Crippen molar-refractivity contribution in [2.45, 2.75) is 33.6 Å². The van der Waals surface area contributed by atoms with Gasteiger partial charge in [0.15, 0.2) is 0 Å². The first kappa shape index (κ1) is 20.0. The predicted molar refractivity (Wildman–Crippen MR) is 101 cm³/mol. The molecule has 0 fully saturated rings. The maximum absolute atomic E-state index is 12.8. The zero-order chi connectivity index (χ0) is 19.3. The summed E-state index contributed by atoms with van der Waals surface area (Å²) < 4.78 is 10.5. The Bertz CT molecular complexity index is 701. The molecule has 1 aliphatic heterocycles. The number of hydrogen-bond donors (Lipinski definition) is 1. The first-order valence-electron chi connectivity index (χ1n) is 8.52. The molecule has 0 bridgehead atoms. The molecule has 0 saturated heterocycles. The van der Waals surface area contributed by atoms with Crippen molar-refractivity contribution in [3.05, 3.63) is 52.6 Å². The Kier molecular flexibility index (Phi) is 6.85. The molecule has 1 aromatic heterocycles. The average molecular weight is 376 g/mol. The maximum atomic E-state index is 12.8. The number of rotatable bonds is 6. The fourth-order valence-electron chi connectivity index (χ4n) is 3.11. The second-order valence-electron chi connectivity index (χ2n) is 5.70. The lowest BCUT2D eigenvalue weighted by Gasteiger charge is -2.36. The second kappa shape index (κ2) is 8.89. The lowest BCUT2D eigenvalue weighted by atomic mass is 9.82. The molecule has 0 atom stereocenters. The summed E-state index contributed by atoms with van der Waals surface area (Å²) in [4.78, 5) is 31.7. The van der Waals surface area contributed by atoms with Gasteiger partial charge >= 0.3 is 11.9 Å². The van der Waals surface area contributed by atoms with Gasteiger partial charge in [0.1, 0.15) is 0 Å². The number of ether oxygens (including phenoxy) is 2. The van der Waals surface area contributed by atoms with Crippen molar-refractivity contribution >= 4 is 24.6 Å². The normalized spacial score (nSPS) is 15.3. The Morgan fingerprint density at radius 3 is 2.00 bits per heavy atom. The van der Waals surface area contributed by atoms with Crippen molar-refractivity contribution in [3.8, 4) is 0 Å². The van der Waals surface area contributed by atoms with Crippen molar-refractivity contribution < 1.29 is 19.1 Å². The third-order valence-corrected chi connectivity index (χ3v) is 4.57. The Hall–Kier alpha value is -2.28. The number of carbonyl (C=O) groups excluding carboxylic acids is 2. The van der Waals surface area contributed by atoms with Crippen LogP contribution in [0.2, 0.25) is 0 Å². The highest BCUT2D eigenvalue weighted by atomic mass is 32.1. The van der Waals surface area contributed by atoms with Crippen LogP contribution < -0.4 is 0 Å². The summed E-state index contributed by atoms with van der Waals surface area (Å²) in [6, 6.07) is 5.40. The fourth-order valence-corrected chi connectivity index (χ4v) is 3.53. The Balaban J connectivity index is 2.72. The molecule has 1 aliphatic rings. The van der Waals surface area contributed by atoms with E-state index in [-0.39, 0.29) is 13.2 Å². The molecule has 0 aliphatic carbocycles. The van der Waals surface area contributed by atoms with Gasteiger partial charge in [-0.3, -0.25) is 4.98 Å². The van der Waals surface area contributed by atoms with Crippen LogP contribution in [0.3, 0.4) is 0 Å². The highest BCUT2D eigenvalue weighted by Gasteiger charge is 2.40. The van der Waals surface area contributed by atoms with Gasteiger partial charge < -0.3 is 14.4 Å². The van der Waals surface area contributed by atoms with Crippen LogP contribution in [0.25, 0.3) is 0 Å². The summed E-state index contributed by atoms with van der Waals surface area (Å²) in [7, 11) is 0. The van der Waals surface area contributed by atoms with E-state index < -0.39 is 17.9 Å². The van der Waals surface area contributed by atoms with Gasteiger partial charge in [0.25, 0.3) is 0 Å². The van der Waals surface area contributed by atoms with E-state index in [1.807, 2.05) is 19.9 Å². The first-order valence-corrected chi connectivity index (χ1v) is 9.16. The van der Waals surface area contributed by atoms with Gasteiger partial charge in [-0.15, -0.1) is 0 Å². The van der Waals surface area contributed by atoms with E-state index in [0.29, 0.717) is 34.1 Å². The fraction of sp³-hybridized carbons (Fsp3) is 0.421. The summed E-state index contributed by atoms with van der Waals surface area (Å²) in [5.74, 6) is -1.27. The lowest BCUT2D eigenvalue weighted by Crippen LogP contribution is -2.35. The van der Waals surface area contributed by atoms with E-state index in [2.05, 4.69) is 17.6 Å². The van der Waals surface area contributed by atoms with Gasteiger partial charge in [0.05, 0.1) is 41.8 Å². The van der Waals surface area contributed by atoms with E-state index in [9.17, 15) is 9.59 Å². The molecule has 2 rings (SSSR count). The number of aromatic nitrogens is 1. The third kappa shape index (κ3) is 3.77. The van der Waals surface area contributed by atoms with E-state index in [1.54, 1.807) is 37.1 Å². The Morgan fingerprint density at radius 1 is 1.08 bits per heavy atom. The first-order chi connectivity index (χ1) is 12.5. The SMILES string of the molecule is CCOC(=O)C1=C(C)N(CS)C(C)=C(C(=O)OCC)C1c1ccccn1. The molecular formula is C19H24N2O4S. The van der Waals surface area contributed by atoms with Crippen molar-refractivity contribution in [2.75, 3.05) is 19.1 Å². The van der Waals surface area contributed by atoms with Crippen LogP contribution in [0.15, 0.2) is 46.9 Å². The topological polar surface area (TPSA) is 68.7 Å². The smallest absolute Gasteiger partial charge is 0.336 e. The number of nitrogens with zero attached hydrogens (tertiary/aromatic N) is 2. The van der Waals surface area contributed by atoms with Gasteiger partial charge in [0, 0.05) is 17.6 Å². The molecular weight excluding hydrogens is 352 g/mol. The monoisotopic (exact) mass is 376 g/mol. The summed E-state index contributed by atoms with van der Waals surface area (Å²) in [5.41, 5.74) is 2.75. The van der Waals surface area contributed by atoms with Crippen molar-refractivity contribution in [1.82, 2.24) is 9.88 Å². The summed E-state index contributed by atoms with van der Waals surface area (Å²) in [6.07, 6.45) is 1.64. The van der Waals surface area contributed by atoms with E-state index >= 15 is 0 Å². The standard InChI is InChI=1S/C19H24N2O4S/c1-5-24-18(22)15-12(3)21(11-26)13(4)16(19(23)25-6-2)17(15)14-9-7-8-10-20-14/h7-10,17,26H,5-6,11H2,1-4H3. The second-order valence-corrected chi connectivity index (χ2v) is 5.98. The average Bonchev–Trinajstić information content (AvgIpc) is 2.62. The highest BCUT2D eigenvalue weighted by Crippen LogP contribution is 2.42. The van der Waals surface area contributed by atoms with Crippen LogP contribution in [-0.4, -0.2) is 40.9 Å². The van der Waals surface area contributed by atoms with E-state index in [4.69, 9.17) is 9.47 Å². The molecule has 0 amide bonds. The van der Waals surface area contributed by atoms with Crippen LogP contribution in [0.5, 0.6) is 0 Å². The number of thiol groups is 1. The molecule has 26 heavy (non-hydrogen) atoms. The van der Waals surface area contributed by atoms with Crippen LogP contribution in [0, 0.1) is 0 Å². The van der Waals surface area contributed by atoms with Crippen LogP contribution in [-0.2, 0) is 19.1 Å². The summed E-state index contributed by atoms with van der Waals surface area (Å²) >= 11 is 4.36. The van der Waals surface area contributed by atoms with Gasteiger partial charge in [-0.05, 0) is 39.8 Å². The van der Waals surface area contributed by atoms with Gasteiger partial charge in [0.2, 0.25) is 0 Å². The number of allylic oxidation sites excluding steroid dienone is 2. The molecule has 0 saturated carbocycles. The van der Waals surface area contributed by atoms with Crippen LogP contribution >= 0.6 is 12.6 Å². The molecule has 0 spiro atoms. The molecule has 0 aromatic carbocycles. The molecule has 140 valence electrons. The van der Waals surface area contributed by atoms with E-state index in [1.165, 1.54) is 0 Å². The molecule has 0 N–H and O–H groups in total. The maximum Gasteiger partial charge on any atom is 0.336 e. The lowest BCUT2D eigenvalue weighted by molar-refractivity contribution is -0.139. The summed E-state index contributed by atoms with van der Waals surface area (Å²) in [6.45, 7) is 7.62. The van der Waals surface area contributed by atoms with Gasteiger partial charge in [-0.1, -0.05) is 6.07 Å². The highest BCUT2D eigenvalue weighted by molar-refractivity contribution is 7.80. The molecule has 6 nitrogen and oxygen atoms in total. The molecule has 7 heteroatoms. The minimum atomic E-state index is -0.648. The quantitative estimate of drug-likeness (QED) is 0.608. The number of pyridine rings is 1. The van der Waals surface area contributed by atoms with Crippen molar-refractivity contribution in [3.63, 3.8) is 0 Å². The van der Waals surface area contributed by atoms with Crippen molar-refractivity contribution in [2.24, 2.45) is 0 Å². The van der Waals surface area contributed by atoms with Crippen molar-refractivity contribution in [1.29, 1.82) is 0 Å². The summed E-state index contributed by atoms with van der Waals surface area (Å²) in [5, 5.41) is 0. The van der Waals surface area contributed by atoms with Gasteiger partial charge in [-0.25, -0.2) is 9.59 Å². The minimum Gasteiger partial charge on any atom is -0.463 e. The Morgan fingerprint density at radius 2 is 1.62 bits per heavy atom. The largest absolute Gasteiger partial charge is 0.463 e. The number of esters is 2. The minimum absolute atomic E-state index is 0.239. The molecule has 1 aromatic rings. The van der Waals surface area contributed by atoms with Gasteiger partial charge in [-0.2, -0.15) is 12.6 Å². The number of hydrogen-bond acceptors (Lipinski definition) is 7. The zero-order valence-electron chi connectivity index (χ0n) is 15.5. The molecule has 0 unspecified atom stereocenters. The zero-order valence-corrected chi connectivity index (χ0v) is 16.4. The number of carbonyl (C=O) groups is 2. The third-order valence-electron chi connectivity index (χ3n) is 4.28. The van der Waals surface area contributed by atoms with E-state index in [0.717, 1.165) is 0 Å². The van der Waals surface area contributed by atoms with Crippen LogP contribution in [0.1, 0.15) is 39.3 Å². The molecule has 0 radical (unpaired) electrons. The van der Waals surface area contributed by atoms with Crippen LogP contribution in [0.4, 0.5) is 0 Å². The molecule has 2 heterocycles.